The van der Waals surface area contributed by atoms with E-state index in [-0.39, 0.29) is 5.88 Å². The molecule has 2 fully saturated rings. The van der Waals surface area contributed by atoms with Crippen LogP contribution in [-0.4, -0.2) is 49.8 Å². The van der Waals surface area contributed by atoms with Gasteiger partial charge in [0.1, 0.15) is 0 Å². The second kappa shape index (κ2) is 5.93. The van der Waals surface area contributed by atoms with Crippen LogP contribution in [0, 0.1) is 0 Å². The van der Waals surface area contributed by atoms with Crippen LogP contribution in [0.2, 0.25) is 0 Å². The number of hydrogen-bond acceptors (Lipinski definition) is 4. The van der Waals surface area contributed by atoms with Crippen molar-refractivity contribution in [2.75, 3.05) is 26.2 Å². The summed E-state index contributed by atoms with van der Waals surface area (Å²) in [6.45, 7) is 3.48. The summed E-state index contributed by atoms with van der Waals surface area (Å²) in [6.07, 6.45) is 3.42. The van der Waals surface area contributed by atoms with E-state index in [9.17, 15) is 8.42 Å². The maximum atomic E-state index is 12.7. The Hall–Kier alpha value is -0.140. The standard InChI is InChI=1S/C13H19ClN2O2S2/c14-9-12-13(4-8-19-12)20(17,18)16-7-3-11(10-16)15-5-1-2-6-15/h4,8,11H,1-3,5-7,9-10H2. The van der Waals surface area contributed by atoms with Gasteiger partial charge in [0.2, 0.25) is 10.0 Å². The molecule has 0 radical (unpaired) electrons. The predicted molar refractivity (Wildman–Crippen MR) is 81.8 cm³/mol. The van der Waals surface area contributed by atoms with Gasteiger partial charge in [0.15, 0.2) is 0 Å². The second-order valence-corrected chi connectivity index (χ2v) is 8.56. The molecule has 4 nitrogen and oxygen atoms in total. The summed E-state index contributed by atoms with van der Waals surface area (Å²) in [5, 5.41) is 1.80. The van der Waals surface area contributed by atoms with Gasteiger partial charge in [-0.3, -0.25) is 4.90 Å². The molecular weight excluding hydrogens is 316 g/mol. The lowest BCUT2D eigenvalue weighted by molar-refractivity contribution is 0.251. The summed E-state index contributed by atoms with van der Waals surface area (Å²) in [5.74, 6) is 0.260. The van der Waals surface area contributed by atoms with Crippen molar-refractivity contribution < 1.29 is 8.42 Å². The van der Waals surface area contributed by atoms with Crippen molar-refractivity contribution in [1.82, 2.24) is 9.21 Å². The smallest absolute Gasteiger partial charge is 0.244 e. The summed E-state index contributed by atoms with van der Waals surface area (Å²) < 4.78 is 27.0. The fourth-order valence-corrected chi connectivity index (χ4v) is 6.30. The molecule has 0 aliphatic carbocycles. The van der Waals surface area contributed by atoms with E-state index in [1.165, 1.54) is 24.2 Å². The lowest BCUT2D eigenvalue weighted by Crippen LogP contribution is -2.37. The molecule has 2 saturated heterocycles. The summed E-state index contributed by atoms with van der Waals surface area (Å²) in [5.41, 5.74) is 0. The second-order valence-electron chi connectivity index (χ2n) is 5.39. The Morgan fingerprint density at radius 3 is 2.75 bits per heavy atom. The largest absolute Gasteiger partial charge is 0.299 e. The Labute approximate surface area is 129 Å². The first kappa shape index (κ1) is 14.8. The Morgan fingerprint density at radius 2 is 2.05 bits per heavy atom. The van der Waals surface area contributed by atoms with Gasteiger partial charge in [-0.25, -0.2) is 8.42 Å². The summed E-state index contributed by atoms with van der Waals surface area (Å²) in [7, 11) is -3.37. The van der Waals surface area contributed by atoms with Crippen molar-refractivity contribution >= 4 is 33.0 Å². The van der Waals surface area contributed by atoms with Crippen LogP contribution in [0.5, 0.6) is 0 Å². The third kappa shape index (κ3) is 2.64. The molecule has 0 spiro atoms. The van der Waals surface area contributed by atoms with Crippen LogP contribution in [0.3, 0.4) is 0 Å². The molecule has 2 aliphatic rings. The highest BCUT2D eigenvalue weighted by Crippen LogP contribution is 2.30. The van der Waals surface area contributed by atoms with Crippen molar-refractivity contribution in [3.8, 4) is 0 Å². The molecule has 3 heterocycles. The van der Waals surface area contributed by atoms with Gasteiger partial charge in [0.25, 0.3) is 0 Å². The molecule has 1 aromatic rings. The van der Waals surface area contributed by atoms with Crippen molar-refractivity contribution in [3.05, 3.63) is 16.3 Å². The van der Waals surface area contributed by atoms with E-state index in [0.29, 0.717) is 24.0 Å². The van der Waals surface area contributed by atoms with Crippen LogP contribution in [-0.2, 0) is 15.9 Å². The highest BCUT2D eigenvalue weighted by atomic mass is 35.5. The maximum absolute atomic E-state index is 12.7. The SMILES string of the molecule is O=S(=O)(c1ccsc1CCl)N1CCC(N2CCCC2)C1. The molecule has 1 atom stereocenters. The first-order valence-corrected chi connectivity index (χ1v) is 9.85. The minimum Gasteiger partial charge on any atom is -0.299 e. The van der Waals surface area contributed by atoms with Gasteiger partial charge in [0.05, 0.1) is 10.8 Å². The van der Waals surface area contributed by atoms with Gasteiger partial charge >= 0.3 is 0 Å². The normalized spacial score (nSPS) is 25.6. The van der Waals surface area contributed by atoms with Gasteiger partial charge in [-0.05, 0) is 43.8 Å². The number of rotatable bonds is 4. The summed E-state index contributed by atoms with van der Waals surface area (Å²) in [6, 6.07) is 2.08. The molecule has 0 aromatic carbocycles. The molecule has 1 unspecified atom stereocenters. The van der Waals surface area contributed by atoms with Gasteiger partial charge in [-0.15, -0.1) is 22.9 Å². The van der Waals surface area contributed by atoms with Gasteiger partial charge in [0, 0.05) is 24.0 Å². The van der Waals surface area contributed by atoms with E-state index in [1.54, 1.807) is 15.8 Å². The zero-order valence-corrected chi connectivity index (χ0v) is 13.7. The van der Waals surface area contributed by atoms with Crippen LogP contribution < -0.4 is 0 Å². The maximum Gasteiger partial charge on any atom is 0.244 e. The lowest BCUT2D eigenvalue weighted by atomic mass is 10.2. The molecule has 1 aromatic heterocycles. The molecule has 20 heavy (non-hydrogen) atoms. The van der Waals surface area contributed by atoms with E-state index >= 15 is 0 Å². The van der Waals surface area contributed by atoms with E-state index in [2.05, 4.69) is 4.90 Å². The Balaban J connectivity index is 1.76. The molecule has 0 N–H and O–H groups in total. The number of halogens is 1. The predicted octanol–water partition coefficient (Wildman–Crippen LogP) is 2.35. The molecular formula is C13H19ClN2O2S2. The molecule has 3 rings (SSSR count). The Bertz CT molecular complexity index is 567. The topological polar surface area (TPSA) is 40.6 Å². The minimum absolute atomic E-state index is 0.260. The van der Waals surface area contributed by atoms with Crippen LogP contribution in [0.4, 0.5) is 0 Å². The van der Waals surface area contributed by atoms with Crippen LogP contribution in [0.25, 0.3) is 0 Å². The molecule has 0 saturated carbocycles. The average Bonchev–Trinajstić information content (AvgIpc) is 3.17. The third-order valence-electron chi connectivity index (χ3n) is 4.23. The van der Waals surface area contributed by atoms with Gasteiger partial charge < -0.3 is 0 Å². The van der Waals surface area contributed by atoms with E-state index < -0.39 is 10.0 Å². The van der Waals surface area contributed by atoms with Crippen LogP contribution in [0.1, 0.15) is 24.1 Å². The third-order valence-corrected chi connectivity index (χ3v) is 7.65. The zero-order chi connectivity index (χ0) is 14.2. The number of likely N-dealkylation sites (tertiary alicyclic amines) is 1. The van der Waals surface area contributed by atoms with Gasteiger partial charge in [-0.1, -0.05) is 0 Å². The number of hydrogen-bond donors (Lipinski definition) is 0. The highest BCUT2D eigenvalue weighted by molar-refractivity contribution is 7.89. The molecule has 0 amide bonds. The van der Waals surface area contributed by atoms with Crippen molar-refractivity contribution in [3.63, 3.8) is 0 Å². The molecule has 112 valence electrons. The summed E-state index contributed by atoms with van der Waals surface area (Å²) in [4.78, 5) is 3.59. The summed E-state index contributed by atoms with van der Waals surface area (Å²) >= 11 is 7.25. The van der Waals surface area contributed by atoms with Crippen LogP contribution >= 0.6 is 22.9 Å². The number of thiophene rings is 1. The van der Waals surface area contributed by atoms with E-state index in [4.69, 9.17) is 11.6 Å². The highest BCUT2D eigenvalue weighted by Gasteiger charge is 2.36. The Morgan fingerprint density at radius 1 is 1.30 bits per heavy atom. The monoisotopic (exact) mass is 334 g/mol. The fraction of sp³-hybridized carbons (Fsp3) is 0.692. The molecule has 0 bridgehead atoms. The first-order chi connectivity index (χ1) is 9.63. The van der Waals surface area contributed by atoms with E-state index in [0.717, 1.165) is 24.4 Å². The molecule has 7 heteroatoms. The number of nitrogens with zero attached hydrogens (tertiary/aromatic N) is 2. The fourth-order valence-electron chi connectivity index (χ4n) is 3.13. The quantitative estimate of drug-likeness (QED) is 0.794. The average molecular weight is 335 g/mol. The minimum atomic E-state index is -3.37. The van der Waals surface area contributed by atoms with Crippen molar-refractivity contribution in [2.45, 2.75) is 36.1 Å². The lowest BCUT2D eigenvalue weighted by Gasteiger charge is -2.23. The zero-order valence-electron chi connectivity index (χ0n) is 11.3. The Kier molecular flexibility index (Phi) is 4.38. The number of alkyl halides is 1. The van der Waals surface area contributed by atoms with E-state index in [1.807, 2.05) is 0 Å². The van der Waals surface area contributed by atoms with Crippen molar-refractivity contribution in [1.29, 1.82) is 0 Å². The first-order valence-electron chi connectivity index (χ1n) is 6.99. The van der Waals surface area contributed by atoms with Crippen molar-refractivity contribution in [2.24, 2.45) is 0 Å². The van der Waals surface area contributed by atoms with Crippen LogP contribution in [0.15, 0.2) is 16.3 Å². The molecule has 2 aliphatic heterocycles. The number of sulfonamides is 1. The van der Waals surface area contributed by atoms with Gasteiger partial charge in [-0.2, -0.15) is 4.31 Å².